The predicted octanol–water partition coefficient (Wildman–Crippen LogP) is 3.37. The van der Waals surface area contributed by atoms with Crippen molar-refractivity contribution in [3.05, 3.63) is 30.0 Å². The van der Waals surface area contributed by atoms with Crippen LogP contribution in [0.1, 0.15) is 32.8 Å². The summed E-state index contributed by atoms with van der Waals surface area (Å²) in [6, 6.07) is 6.29. The van der Waals surface area contributed by atoms with Crippen molar-refractivity contribution in [2.45, 2.75) is 32.6 Å². The van der Waals surface area contributed by atoms with Gasteiger partial charge in [-0.2, -0.15) is 5.10 Å². The van der Waals surface area contributed by atoms with Gasteiger partial charge in [0.25, 0.3) is 0 Å². The number of hydrogen-bond acceptors (Lipinski definition) is 3. The SMILES string of the molecule is CCC(C)(C)c1ccc(OC)c(-c2cnn(C)c2N)c1. The molecular formula is C16H23N3O. The molecule has 0 unspecified atom stereocenters. The van der Waals surface area contributed by atoms with E-state index in [1.54, 1.807) is 18.0 Å². The monoisotopic (exact) mass is 273 g/mol. The topological polar surface area (TPSA) is 53.1 Å². The van der Waals surface area contributed by atoms with E-state index in [1.807, 2.05) is 13.1 Å². The van der Waals surface area contributed by atoms with E-state index in [0.717, 1.165) is 23.3 Å². The lowest BCUT2D eigenvalue weighted by Crippen LogP contribution is -2.15. The van der Waals surface area contributed by atoms with Crippen LogP contribution in [0.3, 0.4) is 0 Å². The molecule has 0 aliphatic carbocycles. The van der Waals surface area contributed by atoms with Gasteiger partial charge in [0.15, 0.2) is 0 Å². The van der Waals surface area contributed by atoms with Crippen LogP contribution in [-0.2, 0) is 12.5 Å². The maximum Gasteiger partial charge on any atom is 0.129 e. The number of nitrogens with two attached hydrogens (primary N) is 1. The molecule has 1 heterocycles. The zero-order chi connectivity index (χ0) is 14.9. The van der Waals surface area contributed by atoms with E-state index in [1.165, 1.54) is 5.56 Å². The van der Waals surface area contributed by atoms with Gasteiger partial charge in [-0.25, -0.2) is 0 Å². The van der Waals surface area contributed by atoms with E-state index in [0.29, 0.717) is 5.82 Å². The van der Waals surface area contributed by atoms with Gasteiger partial charge < -0.3 is 10.5 Å². The Morgan fingerprint density at radius 3 is 2.50 bits per heavy atom. The molecule has 0 bridgehead atoms. The molecule has 2 rings (SSSR count). The number of ether oxygens (including phenoxy) is 1. The van der Waals surface area contributed by atoms with Gasteiger partial charge in [-0.3, -0.25) is 4.68 Å². The molecule has 4 nitrogen and oxygen atoms in total. The third-order valence-corrected chi connectivity index (χ3v) is 4.14. The molecule has 0 saturated carbocycles. The Labute approximate surface area is 120 Å². The molecule has 0 aliphatic rings. The van der Waals surface area contributed by atoms with Crippen LogP contribution >= 0.6 is 0 Å². The quantitative estimate of drug-likeness (QED) is 0.929. The lowest BCUT2D eigenvalue weighted by atomic mass is 9.81. The summed E-state index contributed by atoms with van der Waals surface area (Å²) in [6.07, 6.45) is 2.86. The second-order valence-electron chi connectivity index (χ2n) is 5.72. The standard InChI is InChI=1S/C16H23N3O/c1-6-16(2,3)11-7-8-14(20-5)12(9-11)13-10-18-19(4)15(13)17/h7-10H,6,17H2,1-5H3. The summed E-state index contributed by atoms with van der Waals surface area (Å²) in [5.41, 5.74) is 9.41. The third kappa shape index (κ3) is 2.38. The smallest absolute Gasteiger partial charge is 0.129 e. The molecule has 0 spiro atoms. The van der Waals surface area contributed by atoms with E-state index in [9.17, 15) is 0 Å². The van der Waals surface area contributed by atoms with Crippen LogP contribution in [0.15, 0.2) is 24.4 Å². The summed E-state index contributed by atoms with van der Waals surface area (Å²) >= 11 is 0. The first-order chi connectivity index (χ1) is 9.40. The number of aromatic nitrogens is 2. The van der Waals surface area contributed by atoms with E-state index in [4.69, 9.17) is 10.5 Å². The highest BCUT2D eigenvalue weighted by Gasteiger charge is 2.21. The molecule has 0 amide bonds. The number of nitrogen functional groups attached to an aromatic ring is 1. The van der Waals surface area contributed by atoms with Crippen molar-refractivity contribution in [1.29, 1.82) is 0 Å². The number of aryl methyl sites for hydroxylation is 1. The minimum absolute atomic E-state index is 0.123. The third-order valence-electron chi connectivity index (χ3n) is 4.14. The average Bonchev–Trinajstić information content (AvgIpc) is 2.78. The first-order valence-electron chi connectivity index (χ1n) is 6.87. The Morgan fingerprint density at radius 2 is 2.00 bits per heavy atom. The lowest BCUT2D eigenvalue weighted by Gasteiger charge is -2.24. The zero-order valence-corrected chi connectivity index (χ0v) is 12.9. The van der Waals surface area contributed by atoms with Gasteiger partial charge >= 0.3 is 0 Å². The number of methoxy groups -OCH3 is 1. The van der Waals surface area contributed by atoms with Crippen molar-refractivity contribution in [2.75, 3.05) is 12.8 Å². The minimum Gasteiger partial charge on any atom is -0.496 e. The summed E-state index contributed by atoms with van der Waals surface area (Å²) in [6.45, 7) is 6.68. The first kappa shape index (κ1) is 14.4. The van der Waals surface area contributed by atoms with Crippen molar-refractivity contribution in [2.24, 2.45) is 7.05 Å². The molecule has 0 aliphatic heterocycles. The molecule has 2 aromatic rings. The Kier molecular flexibility index (Phi) is 3.75. The molecule has 1 aromatic heterocycles. The molecule has 0 fully saturated rings. The van der Waals surface area contributed by atoms with Gasteiger partial charge in [0.05, 0.1) is 13.3 Å². The molecule has 2 N–H and O–H groups in total. The van der Waals surface area contributed by atoms with Crippen molar-refractivity contribution < 1.29 is 4.74 Å². The number of hydrogen-bond donors (Lipinski definition) is 1. The van der Waals surface area contributed by atoms with Crippen LogP contribution in [0.5, 0.6) is 5.75 Å². The van der Waals surface area contributed by atoms with Crippen molar-refractivity contribution in [3.8, 4) is 16.9 Å². The van der Waals surface area contributed by atoms with Crippen LogP contribution in [0.2, 0.25) is 0 Å². The van der Waals surface area contributed by atoms with Gasteiger partial charge in [0, 0.05) is 18.2 Å². The second-order valence-corrected chi connectivity index (χ2v) is 5.72. The number of nitrogens with zero attached hydrogens (tertiary/aromatic N) is 2. The van der Waals surface area contributed by atoms with Crippen molar-refractivity contribution >= 4 is 5.82 Å². The Morgan fingerprint density at radius 1 is 1.30 bits per heavy atom. The Hall–Kier alpha value is -1.97. The molecule has 0 radical (unpaired) electrons. The summed E-state index contributed by atoms with van der Waals surface area (Å²) in [5.74, 6) is 1.47. The molecule has 4 heteroatoms. The normalized spacial score (nSPS) is 11.7. The van der Waals surface area contributed by atoms with Crippen LogP contribution < -0.4 is 10.5 Å². The molecule has 20 heavy (non-hydrogen) atoms. The maximum absolute atomic E-state index is 6.09. The zero-order valence-electron chi connectivity index (χ0n) is 12.9. The minimum atomic E-state index is 0.123. The number of anilines is 1. The van der Waals surface area contributed by atoms with E-state index in [-0.39, 0.29) is 5.41 Å². The first-order valence-corrected chi connectivity index (χ1v) is 6.87. The van der Waals surface area contributed by atoms with Crippen molar-refractivity contribution in [1.82, 2.24) is 9.78 Å². The average molecular weight is 273 g/mol. The fourth-order valence-electron chi connectivity index (χ4n) is 2.20. The summed E-state index contributed by atoms with van der Waals surface area (Å²) in [4.78, 5) is 0. The summed E-state index contributed by atoms with van der Waals surface area (Å²) in [5, 5.41) is 4.22. The predicted molar refractivity (Wildman–Crippen MR) is 82.9 cm³/mol. The van der Waals surface area contributed by atoms with E-state index < -0.39 is 0 Å². The van der Waals surface area contributed by atoms with Crippen LogP contribution in [0, 0.1) is 0 Å². The van der Waals surface area contributed by atoms with Gasteiger partial charge in [-0.1, -0.05) is 26.8 Å². The summed E-state index contributed by atoms with van der Waals surface area (Å²) in [7, 11) is 3.52. The molecular weight excluding hydrogens is 250 g/mol. The fourth-order valence-corrected chi connectivity index (χ4v) is 2.20. The van der Waals surface area contributed by atoms with Gasteiger partial charge in [-0.05, 0) is 29.5 Å². The molecule has 0 saturated heterocycles. The molecule has 108 valence electrons. The lowest BCUT2D eigenvalue weighted by molar-refractivity contribution is 0.415. The van der Waals surface area contributed by atoms with Gasteiger partial charge in [-0.15, -0.1) is 0 Å². The van der Waals surface area contributed by atoms with E-state index >= 15 is 0 Å². The van der Waals surface area contributed by atoms with Crippen LogP contribution in [-0.4, -0.2) is 16.9 Å². The summed E-state index contributed by atoms with van der Waals surface area (Å²) < 4.78 is 7.15. The van der Waals surface area contributed by atoms with E-state index in [2.05, 4.69) is 38.0 Å². The number of rotatable bonds is 4. The highest BCUT2D eigenvalue weighted by atomic mass is 16.5. The maximum atomic E-state index is 6.09. The Balaban J connectivity index is 2.61. The highest BCUT2D eigenvalue weighted by Crippen LogP contribution is 2.37. The van der Waals surface area contributed by atoms with Crippen LogP contribution in [0.25, 0.3) is 11.1 Å². The molecule has 1 aromatic carbocycles. The van der Waals surface area contributed by atoms with Crippen molar-refractivity contribution in [3.63, 3.8) is 0 Å². The fraction of sp³-hybridized carbons (Fsp3) is 0.438. The molecule has 0 atom stereocenters. The number of benzene rings is 1. The van der Waals surface area contributed by atoms with Crippen LogP contribution in [0.4, 0.5) is 5.82 Å². The highest BCUT2D eigenvalue weighted by molar-refractivity contribution is 5.79. The Bertz CT molecular complexity index is 614. The van der Waals surface area contributed by atoms with Gasteiger partial charge in [0.2, 0.25) is 0 Å². The second kappa shape index (κ2) is 5.19. The largest absolute Gasteiger partial charge is 0.496 e. The van der Waals surface area contributed by atoms with Gasteiger partial charge in [0.1, 0.15) is 11.6 Å².